The molecule has 0 amide bonds. The third-order valence-corrected chi connectivity index (χ3v) is 8.30. The number of aryl methyl sites for hydroxylation is 1. The summed E-state index contributed by atoms with van der Waals surface area (Å²) in [6.07, 6.45) is 21.9. The highest BCUT2D eigenvalue weighted by Gasteiger charge is 2.21. The Kier molecular flexibility index (Phi) is 14.4. The predicted octanol–water partition coefficient (Wildman–Crippen LogP) is 10.0. The second-order valence-electron chi connectivity index (χ2n) is 11.5. The van der Waals surface area contributed by atoms with Crippen molar-refractivity contribution >= 4 is 5.97 Å². The molecule has 0 radical (unpaired) electrons. The first kappa shape index (κ1) is 31.5. The highest BCUT2D eigenvalue weighted by molar-refractivity contribution is 5.91. The van der Waals surface area contributed by atoms with Gasteiger partial charge in [0.15, 0.2) is 0 Å². The molecule has 2 aromatic rings. The van der Waals surface area contributed by atoms with Crippen LogP contribution in [0.5, 0.6) is 11.5 Å². The van der Waals surface area contributed by atoms with Gasteiger partial charge in [0, 0.05) is 0 Å². The fourth-order valence-electron chi connectivity index (χ4n) is 5.73. The van der Waals surface area contributed by atoms with Gasteiger partial charge in [-0.25, -0.2) is 4.79 Å². The van der Waals surface area contributed by atoms with Crippen LogP contribution in [0, 0.1) is 23.2 Å². The van der Waals surface area contributed by atoms with E-state index in [-0.39, 0.29) is 0 Å². The second kappa shape index (κ2) is 18.3. The summed E-state index contributed by atoms with van der Waals surface area (Å²) in [5.74, 6) is 2.31. The molecule has 0 atom stereocenters. The number of esters is 1. The highest BCUT2D eigenvalue weighted by Crippen LogP contribution is 2.34. The maximum atomic E-state index is 12.7. The lowest BCUT2D eigenvalue weighted by atomic mass is 9.78. The Morgan fingerprint density at radius 3 is 2.33 bits per heavy atom. The molecule has 0 heterocycles. The summed E-state index contributed by atoms with van der Waals surface area (Å²) in [6.45, 7) is 6.70. The Labute approximate surface area is 242 Å². The third kappa shape index (κ3) is 11.2. The van der Waals surface area contributed by atoms with E-state index in [2.05, 4.69) is 19.6 Å². The van der Waals surface area contributed by atoms with Gasteiger partial charge in [-0.3, -0.25) is 0 Å². The van der Waals surface area contributed by atoms with E-state index in [1.165, 1.54) is 70.6 Å². The molecule has 1 aliphatic rings. The monoisotopic (exact) mass is 543 g/mol. The first-order valence-electron chi connectivity index (χ1n) is 15.7. The van der Waals surface area contributed by atoms with Crippen molar-refractivity contribution in [1.82, 2.24) is 0 Å². The van der Waals surface area contributed by atoms with Crippen molar-refractivity contribution < 1.29 is 14.3 Å². The molecule has 0 saturated heterocycles. The quantitative estimate of drug-likeness (QED) is 0.0812. The van der Waals surface area contributed by atoms with Crippen LogP contribution in [0.2, 0.25) is 0 Å². The number of carbonyl (C=O) groups is 1. The number of hydrogen-bond donors (Lipinski definition) is 0. The molecular formula is C36H49NO3. The van der Waals surface area contributed by atoms with Crippen molar-refractivity contribution in [2.24, 2.45) is 11.8 Å². The number of ether oxygens (including phenoxy) is 2. The topological polar surface area (TPSA) is 59.3 Å². The van der Waals surface area contributed by atoms with Gasteiger partial charge in [0.25, 0.3) is 0 Å². The fourth-order valence-corrected chi connectivity index (χ4v) is 5.73. The van der Waals surface area contributed by atoms with Crippen LogP contribution in [-0.4, -0.2) is 12.6 Å². The van der Waals surface area contributed by atoms with E-state index in [0.29, 0.717) is 23.5 Å². The van der Waals surface area contributed by atoms with E-state index in [4.69, 9.17) is 9.47 Å². The first-order valence-corrected chi connectivity index (χ1v) is 15.7. The van der Waals surface area contributed by atoms with Crippen molar-refractivity contribution in [1.29, 1.82) is 5.26 Å². The molecule has 0 unspecified atom stereocenters. The molecule has 216 valence electrons. The minimum absolute atomic E-state index is 0.317. The van der Waals surface area contributed by atoms with Crippen LogP contribution in [0.15, 0.2) is 55.1 Å². The van der Waals surface area contributed by atoms with Gasteiger partial charge in [-0.15, -0.1) is 6.58 Å². The number of allylic oxidation sites excluding steroid dienone is 1. The maximum Gasteiger partial charge on any atom is 0.343 e. The van der Waals surface area contributed by atoms with Crippen molar-refractivity contribution in [2.75, 3.05) is 6.61 Å². The summed E-state index contributed by atoms with van der Waals surface area (Å²) >= 11 is 0. The summed E-state index contributed by atoms with van der Waals surface area (Å²) in [7, 11) is 0. The zero-order valence-electron chi connectivity index (χ0n) is 24.7. The molecule has 1 fully saturated rings. The fraction of sp³-hybridized carbons (Fsp3) is 0.556. The largest absolute Gasteiger partial charge is 0.494 e. The molecule has 0 N–H and O–H groups in total. The number of carbonyl (C=O) groups excluding carboxylic acids is 1. The molecule has 0 aromatic heterocycles. The zero-order valence-corrected chi connectivity index (χ0v) is 24.7. The molecule has 0 aliphatic heterocycles. The molecule has 0 bridgehead atoms. The Hall–Kier alpha value is -3.06. The average Bonchev–Trinajstić information content (AvgIpc) is 2.99. The normalized spacial score (nSPS) is 16.7. The van der Waals surface area contributed by atoms with Crippen LogP contribution >= 0.6 is 0 Å². The van der Waals surface area contributed by atoms with Gasteiger partial charge < -0.3 is 9.47 Å². The molecule has 3 rings (SSSR count). The van der Waals surface area contributed by atoms with Crippen LogP contribution in [-0.2, 0) is 6.42 Å². The molecular weight excluding hydrogens is 494 g/mol. The summed E-state index contributed by atoms with van der Waals surface area (Å²) in [5, 5.41) is 9.71. The number of benzene rings is 2. The lowest BCUT2D eigenvalue weighted by Gasteiger charge is -2.28. The van der Waals surface area contributed by atoms with Crippen molar-refractivity contribution in [3.63, 3.8) is 0 Å². The smallest absolute Gasteiger partial charge is 0.343 e. The SMILES string of the molecule is C=CCCCCCCCOc1ccc(C(=O)Oc2ccc(CC[C@H]3CC[C@H](CCCCC)CC3)cc2C#N)cc1. The lowest BCUT2D eigenvalue weighted by Crippen LogP contribution is -2.15. The number of unbranched alkanes of at least 4 members (excludes halogenated alkanes) is 7. The van der Waals surface area contributed by atoms with E-state index in [1.54, 1.807) is 30.3 Å². The molecule has 40 heavy (non-hydrogen) atoms. The molecule has 2 aromatic carbocycles. The lowest BCUT2D eigenvalue weighted by molar-refractivity contribution is 0.0734. The van der Waals surface area contributed by atoms with Gasteiger partial charge >= 0.3 is 5.97 Å². The Morgan fingerprint density at radius 2 is 1.62 bits per heavy atom. The predicted molar refractivity (Wildman–Crippen MR) is 164 cm³/mol. The Balaban J connectivity index is 1.40. The van der Waals surface area contributed by atoms with Crippen LogP contribution in [0.1, 0.15) is 125 Å². The van der Waals surface area contributed by atoms with Gasteiger partial charge in [-0.05, 0) is 85.9 Å². The number of rotatable bonds is 18. The minimum atomic E-state index is -0.467. The standard InChI is InChI=1S/C36H49NO3/c1-3-5-7-8-9-10-12-26-39-34-23-21-32(22-24-34)36(38)40-35-25-20-31(27-33(35)28-37)19-18-30-16-14-29(15-17-30)13-11-6-4-2/h3,20-25,27,29-30H,1,4-19,26H2,2H3/t29-,30-. The average molecular weight is 544 g/mol. The second-order valence-corrected chi connectivity index (χ2v) is 11.5. The zero-order chi connectivity index (χ0) is 28.4. The van der Waals surface area contributed by atoms with E-state index in [1.807, 2.05) is 18.2 Å². The summed E-state index contributed by atoms with van der Waals surface area (Å²) in [4.78, 5) is 12.7. The van der Waals surface area contributed by atoms with E-state index in [9.17, 15) is 10.1 Å². The van der Waals surface area contributed by atoms with Crippen molar-refractivity contribution in [2.45, 2.75) is 110 Å². The van der Waals surface area contributed by atoms with Crippen LogP contribution in [0.3, 0.4) is 0 Å². The third-order valence-electron chi connectivity index (χ3n) is 8.30. The first-order chi connectivity index (χ1) is 19.6. The van der Waals surface area contributed by atoms with Crippen molar-refractivity contribution in [3.8, 4) is 17.6 Å². The molecule has 1 aliphatic carbocycles. The minimum Gasteiger partial charge on any atom is -0.494 e. The molecule has 0 spiro atoms. The summed E-state index contributed by atoms with van der Waals surface area (Å²) in [5.41, 5.74) is 1.99. The molecule has 1 saturated carbocycles. The van der Waals surface area contributed by atoms with Gasteiger partial charge in [0.2, 0.25) is 0 Å². The number of nitrogens with zero attached hydrogens (tertiary/aromatic N) is 1. The highest BCUT2D eigenvalue weighted by atomic mass is 16.5. The summed E-state index contributed by atoms with van der Waals surface area (Å²) in [6, 6.07) is 14.9. The molecule has 4 heteroatoms. The van der Waals surface area contributed by atoms with Crippen LogP contribution in [0.4, 0.5) is 0 Å². The number of nitriles is 1. The number of hydrogen-bond acceptors (Lipinski definition) is 4. The molecule has 4 nitrogen and oxygen atoms in total. The van der Waals surface area contributed by atoms with Gasteiger partial charge in [-0.1, -0.05) is 89.7 Å². The van der Waals surface area contributed by atoms with E-state index in [0.717, 1.165) is 55.3 Å². The van der Waals surface area contributed by atoms with E-state index < -0.39 is 5.97 Å². The van der Waals surface area contributed by atoms with Crippen molar-refractivity contribution in [3.05, 3.63) is 71.8 Å². The van der Waals surface area contributed by atoms with Gasteiger partial charge in [-0.2, -0.15) is 5.26 Å². The summed E-state index contributed by atoms with van der Waals surface area (Å²) < 4.78 is 11.4. The Morgan fingerprint density at radius 1 is 0.925 bits per heavy atom. The van der Waals surface area contributed by atoms with Crippen LogP contribution < -0.4 is 9.47 Å². The van der Waals surface area contributed by atoms with Gasteiger partial charge in [0.1, 0.15) is 17.6 Å². The maximum absolute atomic E-state index is 12.7. The van der Waals surface area contributed by atoms with E-state index >= 15 is 0 Å². The Bertz CT molecular complexity index is 1060. The van der Waals surface area contributed by atoms with Gasteiger partial charge in [0.05, 0.1) is 17.7 Å². The van der Waals surface area contributed by atoms with Crippen LogP contribution in [0.25, 0.3) is 0 Å².